The summed E-state index contributed by atoms with van der Waals surface area (Å²) >= 11 is 0. The Bertz CT molecular complexity index is 1230. The van der Waals surface area contributed by atoms with E-state index in [0.29, 0.717) is 28.5 Å². The maximum Gasteiger partial charge on any atom is 0.277 e. The van der Waals surface area contributed by atoms with Crippen molar-refractivity contribution in [2.45, 2.75) is 26.4 Å². The molecule has 6 nitrogen and oxygen atoms in total. The van der Waals surface area contributed by atoms with Crippen molar-refractivity contribution in [3.63, 3.8) is 0 Å². The first kappa shape index (κ1) is 17.9. The Kier molecular flexibility index (Phi) is 4.65. The predicted molar refractivity (Wildman–Crippen MR) is 105 cm³/mol. The molecular formula is C21H19FN4O2. The third kappa shape index (κ3) is 3.51. The minimum Gasteiger partial charge on any atom is -0.352 e. The largest absolute Gasteiger partial charge is 0.352 e. The summed E-state index contributed by atoms with van der Waals surface area (Å²) in [6, 6.07) is 12.2. The van der Waals surface area contributed by atoms with Gasteiger partial charge in [-0.15, -0.1) is 0 Å². The van der Waals surface area contributed by atoms with Crippen LogP contribution in [0.25, 0.3) is 21.9 Å². The number of rotatable bonds is 5. The summed E-state index contributed by atoms with van der Waals surface area (Å²) in [4.78, 5) is 32.1. The van der Waals surface area contributed by atoms with E-state index >= 15 is 0 Å². The van der Waals surface area contributed by atoms with Gasteiger partial charge in [0.1, 0.15) is 16.9 Å². The number of aryl methyl sites for hydroxylation is 2. The van der Waals surface area contributed by atoms with Gasteiger partial charge in [-0.2, -0.15) is 0 Å². The van der Waals surface area contributed by atoms with Crippen molar-refractivity contribution in [3.8, 4) is 0 Å². The Balaban J connectivity index is 1.46. The first-order valence-corrected chi connectivity index (χ1v) is 9.00. The molecule has 4 rings (SSSR count). The lowest BCUT2D eigenvalue weighted by Gasteiger charge is -2.07. The average Bonchev–Trinajstić information content (AvgIpc) is 3.06. The highest BCUT2D eigenvalue weighted by Crippen LogP contribution is 2.22. The van der Waals surface area contributed by atoms with Crippen LogP contribution in [0.1, 0.15) is 17.5 Å². The van der Waals surface area contributed by atoms with Gasteiger partial charge in [0.25, 0.3) is 5.56 Å². The molecule has 2 aromatic carbocycles. The van der Waals surface area contributed by atoms with Gasteiger partial charge in [-0.3, -0.25) is 14.2 Å². The lowest BCUT2D eigenvalue weighted by atomic mass is 10.1. The summed E-state index contributed by atoms with van der Waals surface area (Å²) in [7, 11) is 0. The van der Waals surface area contributed by atoms with Crippen LogP contribution < -0.4 is 10.9 Å². The van der Waals surface area contributed by atoms with Crippen LogP contribution in [0.15, 0.2) is 53.6 Å². The van der Waals surface area contributed by atoms with Gasteiger partial charge >= 0.3 is 0 Å². The van der Waals surface area contributed by atoms with E-state index in [1.54, 1.807) is 6.07 Å². The quantitative estimate of drug-likeness (QED) is 0.560. The normalized spacial score (nSPS) is 11.2. The van der Waals surface area contributed by atoms with Gasteiger partial charge in [0.2, 0.25) is 5.91 Å². The second-order valence-corrected chi connectivity index (χ2v) is 6.79. The number of carbonyl (C=O) groups is 1. The Morgan fingerprint density at radius 1 is 1.21 bits per heavy atom. The van der Waals surface area contributed by atoms with Crippen molar-refractivity contribution in [2.24, 2.45) is 0 Å². The van der Waals surface area contributed by atoms with Crippen LogP contribution in [0.4, 0.5) is 4.39 Å². The molecule has 2 aromatic heterocycles. The molecule has 0 aliphatic rings. The number of aromatic amines is 1. The molecule has 0 aliphatic carbocycles. The van der Waals surface area contributed by atoms with Gasteiger partial charge in [-0.1, -0.05) is 29.8 Å². The van der Waals surface area contributed by atoms with Crippen molar-refractivity contribution in [1.82, 2.24) is 19.9 Å². The first-order chi connectivity index (χ1) is 13.5. The van der Waals surface area contributed by atoms with E-state index in [4.69, 9.17) is 0 Å². The van der Waals surface area contributed by atoms with Crippen LogP contribution in [0.3, 0.4) is 0 Å². The lowest BCUT2D eigenvalue weighted by Crippen LogP contribution is -2.27. The summed E-state index contributed by atoms with van der Waals surface area (Å²) in [5.74, 6) is -0.532. The van der Waals surface area contributed by atoms with Crippen LogP contribution in [0.5, 0.6) is 0 Å². The smallest absolute Gasteiger partial charge is 0.277 e. The summed E-state index contributed by atoms with van der Waals surface area (Å²) in [6.45, 7) is 2.67. The number of hydrogen-bond donors (Lipinski definition) is 2. The van der Waals surface area contributed by atoms with Crippen molar-refractivity contribution in [1.29, 1.82) is 0 Å². The van der Waals surface area contributed by atoms with E-state index in [1.165, 1.54) is 23.0 Å². The van der Waals surface area contributed by atoms with Crippen LogP contribution in [-0.2, 0) is 17.9 Å². The van der Waals surface area contributed by atoms with Gasteiger partial charge in [0, 0.05) is 30.4 Å². The number of amides is 1. The van der Waals surface area contributed by atoms with Gasteiger partial charge in [0.05, 0.1) is 6.33 Å². The second-order valence-electron chi connectivity index (χ2n) is 6.79. The molecule has 0 spiro atoms. The SMILES string of the molecule is Cc1ccc(CNC(=O)CCn2cnc3c([nH]c4ccc(F)cc43)c2=O)cc1. The highest BCUT2D eigenvalue weighted by atomic mass is 19.1. The van der Waals surface area contributed by atoms with Crippen molar-refractivity contribution in [3.05, 3.63) is 76.1 Å². The molecule has 2 N–H and O–H groups in total. The number of fused-ring (bicyclic) bond motifs is 3. The van der Waals surface area contributed by atoms with E-state index in [-0.39, 0.29) is 30.2 Å². The summed E-state index contributed by atoms with van der Waals surface area (Å²) in [6.07, 6.45) is 1.56. The molecule has 1 amide bonds. The van der Waals surface area contributed by atoms with Gasteiger partial charge < -0.3 is 10.3 Å². The Morgan fingerprint density at radius 2 is 2.00 bits per heavy atom. The average molecular weight is 378 g/mol. The maximum atomic E-state index is 13.5. The van der Waals surface area contributed by atoms with Gasteiger partial charge in [-0.25, -0.2) is 9.37 Å². The molecule has 0 saturated heterocycles. The minimum absolute atomic E-state index is 0.147. The van der Waals surface area contributed by atoms with Crippen molar-refractivity contribution >= 4 is 27.8 Å². The standard InChI is InChI=1S/C21H19FN4O2/c1-13-2-4-14(5-3-13)11-23-18(27)8-9-26-12-24-19-16-10-15(22)6-7-17(16)25-20(19)21(26)28/h2-7,10,12,25H,8-9,11H2,1H3,(H,23,27). The fourth-order valence-electron chi connectivity index (χ4n) is 3.14. The predicted octanol–water partition coefficient (Wildman–Crippen LogP) is 3.03. The molecule has 0 aliphatic heterocycles. The van der Waals surface area contributed by atoms with Crippen LogP contribution >= 0.6 is 0 Å². The molecule has 142 valence electrons. The van der Waals surface area contributed by atoms with E-state index in [2.05, 4.69) is 15.3 Å². The maximum absolute atomic E-state index is 13.5. The molecule has 0 unspecified atom stereocenters. The molecule has 0 atom stereocenters. The molecule has 28 heavy (non-hydrogen) atoms. The Morgan fingerprint density at radius 3 is 2.79 bits per heavy atom. The van der Waals surface area contributed by atoms with Gasteiger partial charge in [0.15, 0.2) is 0 Å². The van der Waals surface area contributed by atoms with E-state index in [9.17, 15) is 14.0 Å². The number of nitrogens with one attached hydrogen (secondary N) is 2. The van der Waals surface area contributed by atoms with E-state index in [1.807, 2.05) is 31.2 Å². The molecule has 7 heteroatoms. The van der Waals surface area contributed by atoms with Crippen molar-refractivity contribution in [2.75, 3.05) is 0 Å². The van der Waals surface area contributed by atoms with Crippen LogP contribution in [0.2, 0.25) is 0 Å². The fraction of sp³-hybridized carbons (Fsp3) is 0.190. The van der Waals surface area contributed by atoms with Gasteiger partial charge in [-0.05, 0) is 30.7 Å². The Labute approximate surface area is 160 Å². The number of H-pyrrole nitrogens is 1. The molecule has 2 heterocycles. The lowest BCUT2D eigenvalue weighted by molar-refractivity contribution is -0.121. The van der Waals surface area contributed by atoms with E-state index < -0.39 is 0 Å². The zero-order valence-corrected chi connectivity index (χ0v) is 15.3. The topological polar surface area (TPSA) is 79.8 Å². The molecule has 0 radical (unpaired) electrons. The minimum atomic E-state index is -0.385. The third-order valence-electron chi connectivity index (χ3n) is 4.72. The molecule has 4 aromatic rings. The number of carbonyl (C=O) groups excluding carboxylic acids is 1. The fourth-order valence-corrected chi connectivity index (χ4v) is 3.14. The molecule has 0 fully saturated rings. The zero-order chi connectivity index (χ0) is 19.7. The van der Waals surface area contributed by atoms with E-state index in [0.717, 1.165) is 11.1 Å². The molecule has 0 saturated carbocycles. The second kappa shape index (κ2) is 7.26. The van der Waals surface area contributed by atoms with Crippen LogP contribution in [0, 0.1) is 12.7 Å². The molecule has 0 bridgehead atoms. The number of aromatic nitrogens is 3. The Hall–Kier alpha value is -3.48. The highest BCUT2D eigenvalue weighted by Gasteiger charge is 2.12. The van der Waals surface area contributed by atoms with Crippen molar-refractivity contribution < 1.29 is 9.18 Å². The number of halogens is 1. The monoisotopic (exact) mass is 378 g/mol. The highest BCUT2D eigenvalue weighted by molar-refractivity contribution is 6.04. The number of nitrogens with zero attached hydrogens (tertiary/aromatic N) is 2. The first-order valence-electron chi connectivity index (χ1n) is 9.00. The molecular weight excluding hydrogens is 359 g/mol. The van der Waals surface area contributed by atoms with Crippen LogP contribution in [-0.4, -0.2) is 20.4 Å². The summed E-state index contributed by atoms with van der Waals surface area (Å²) < 4.78 is 14.9. The third-order valence-corrected chi connectivity index (χ3v) is 4.72. The summed E-state index contributed by atoms with van der Waals surface area (Å²) in [5, 5.41) is 3.41. The number of hydrogen-bond acceptors (Lipinski definition) is 3. The zero-order valence-electron chi connectivity index (χ0n) is 15.3. The summed E-state index contributed by atoms with van der Waals surface area (Å²) in [5.41, 5.74) is 3.28. The number of benzene rings is 2.